The van der Waals surface area contributed by atoms with Crippen molar-refractivity contribution in [3.05, 3.63) is 124 Å². The van der Waals surface area contributed by atoms with Crippen molar-refractivity contribution in [1.82, 2.24) is 0 Å². The Hall–Kier alpha value is -6.13. The van der Waals surface area contributed by atoms with Gasteiger partial charge >= 0.3 is 0 Å². The average Bonchev–Trinajstić information content (AvgIpc) is 3.88. The number of carbonyl (C=O) groups is 2. The van der Waals surface area contributed by atoms with Gasteiger partial charge in [-0.2, -0.15) is 11.8 Å². The molecule has 0 N–H and O–H groups in total. The lowest BCUT2D eigenvalue weighted by Crippen LogP contribution is -2.41. The van der Waals surface area contributed by atoms with E-state index >= 15 is 0 Å². The van der Waals surface area contributed by atoms with E-state index in [0.29, 0.717) is 92.0 Å². The molecule has 388 valence electrons. The smallest absolute Gasteiger partial charge is 0.260 e. The van der Waals surface area contributed by atoms with Crippen LogP contribution in [0.5, 0.6) is 23.0 Å². The highest BCUT2D eigenvalue weighted by molar-refractivity contribution is 8.01. The molecule has 0 unspecified atom stereocenters. The summed E-state index contributed by atoms with van der Waals surface area (Å²) in [4.78, 5) is 39.4. The van der Waals surface area contributed by atoms with Gasteiger partial charge in [0.25, 0.3) is 11.8 Å². The van der Waals surface area contributed by atoms with Crippen molar-refractivity contribution < 1.29 is 42.7 Å². The summed E-state index contributed by atoms with van der Waals surface area (Å²) in [6, 6.07) is 30.4. The van der Waals surface area contributed by atoms with E-state index in [1.54, 1.807) is 21.3 Å². The van der Waals surface area contributed by atoms with Gasteiger partial charge in [0, 0.05) is 81.3 Å². The summed E-state index contributed by atoms with van der Waals surface area (Å²) in [6.07, 6.45) is 1.60. The molecule has 9 rings (SSSR count). The van der Waals surface area contributed by atoms with Gasteiger partial charge in [-0.1, -0.05) is 50.2 Å². The van der Waals surface area contributed by atoms with E-state index in [0.717, 1.165) is 59.0 Å². The molecule has 5 aromatic rings. The number of benzene rings is 5. The zero-order chi connectivity index (χ0) is 51.4. The number of hydrogen-bond donors (Lipinski definition) is 0. The number of para-hydroxylation sites is 2. The lowest BCUT2D eigenvalue weighted by molar-refractivity contribution is 0.0264. The molecule has 0 fully saturated rings. The van der Waals surface area contributed by atoms with Gasteiger partial charge in [0.1, 0.15) is 13.2 Å². The summed E-state index contributed by atoms with van der Waals surface area (Å²) in [6.45, 7) is 14.7. The first-order valence-corrected chi connectivity index (χ1v) is 26.3. The van der Waals surface area contributed by atoms with Crippen LogP contribution in [0.1, 0.15) is 70.7 Å². The Balaban J connectivity index is 1.02. The second-order valence-electron chi connectivity index (χ2n) is 20.3. The second-order valence-corrected chi connectivity index (χ2v) is 22.6. The van der Waals surface area contributed by atoms with Crippen LogP contribution in [-0.2, 0) is 40.3 Å². The van der Waals surface area contributed by atoms with Crippen LogP contribution in [0.2, 0.25) is 0 Å². The highest BCUT2D eigenvalue weighted by Crippen LogP contribution is 2.44. The lowest BCUT2D eigenvalue weighted by Gasteiger charge is -2.35. The second kappa shape index (κ2) is 22.6. The third kappa shape index (κ3) is 11.3. The third-order valence-corrected chi connectivity index (χ3v) is 15.3. The molecule has 2 atom stereocenters. The molecule has 0 radical (unpaired) electrons. The highest BCUT2D eigenvalue weighted by Gasteiger charge is 2.41. The number of amides is 2. The highest BCUT2D eigenvalue weighted by atomic mass is 32.2. The number of thioether (sulfide) groups is 1. The first-order chi connectivity index (χ1) is 35.2. The van der Waals surface area contributed by atoms with Gasteiger partial charge in [0.2, 0.25) is 0 Å². The van der Waals surface area contributed by atoms with E-state index in [2.05, 4.69) is 72.7 Å². The maximum Gasteiger partial charge on any atom is 0.260 e. The quantitative estimate of drug-likeness (QED) is 0.0615. The number of likely N-dealkylation sites (N-methyl/N-ethyl adjacent to an activating group) is 2. The largest absolute Gasteiger partial charge is 0.493 e. The summed E-state index contributed by atoms with van der Waals surface area (Å²) in [7, 11) is 8.95. The van der Waals surface area contributed by atoms with Crippen LogP contribution in [0.15, 0.2) is 91.0 Å². The lowest BCUT2D eigenvalue weighted by atomic mass is 10.1. The fourth-order valence-electron chi connectivity index (χ4n) is 11.0. The van der Waals surface area contributed by atoms with Gasteiger partial charge in [-0.25, -0.2) is 0 Å². The molecule has 4 aliphatic rings. The Morgan fingerprint density at radius 1 is 0.616 bits per heavy atom. The van der Waals surface area contributed by atoms with Crippen molar-refractivity contribution in [2.24, 2.45) is 0 Å². The Bertz CT molecular complexity index is 2630. The van der Waals surface area contributed by atoms with Crippen LogP contribution in [-0.4, -0.2) is 129 Å². The molecular weight excluding hydrogens is 943 g/mol. The molecule has 15 heteroatoms. The normalized spacial score (nSPS) is 16.8. The number of nitrogens with zero attached hydrogens (tertiary/aromatic N) is 5. The van der Waals surface area contributed by atoms with Crippen LogP contribution in [0.4, 0.5) is 28.4 Å². The van der Waals surface area contributed by atoms with Crippen molar-refractivity contribution in [1.29, 1.82) is 0 Å². The van der Waals surface area contributed by atoms with E-state index in [1.165, 1.54) is 11.1 Å². The van der Waals surface area contributed by atoms with Crippen LogP contribution in [0.3, 0.4) is 0 Å². The molecule has 0 bridgehead atoms. The average molecular weight is 1010 g/mol. The van der Waals surface area contributed by atoms with E-state index in [1.807, 2.05) is 96.3 Å². The summed E-state index contributed by atoms with van der Waals surface area (Å²) in [5, 5.41) is 0.428. The Morgan fingerprint density at radius 2 is 1.10 bits per heavy atom. The summed E-state index contributed by atoms with van der Waals surface area (Å²) in [5.41, 5.74) is 9.86. The minimum Gasteiger partial charge on any atom is -0.493 e. The molecule has 0 spiro atoms. The number of carbonyl (C=O) groups excluding carboxylic acids is 2. The van der Waals surface area contributed by atoms with Crippen molar-refractivity contribution in [3.8, 4) is 23.0 Å². The van der Waals surface area contributed by atoms with E-state index in [4.69, 9.17) is 33.2 Å². The predicted octanol–water partition coefficient (Wildman–Crippen LogP) is 9.31. The zero-order valence-corrected chi connectivity index (χ0v) is 44.7. The van der Waals surface area contributed by atoms with E-state index in [-0.39, 0.29) is 41.9 Å². The van der Waals surface area contributed by atoms with Gasteiger partial charge in [-0.15, -0.1) is 0 Å². The molecule has 4 heterocycles. The molecule has 0 aliphatic carbocycles. The Labute approximate surface area is 435 Å². The summed E-state index contributed by atoms with van der Waals surface area (Å²) < 4.78 is 42.3. The molecule has 0 saturated carbocycles. The van der Waals surface area contributed by atoms with Crippen LogP contribution < -0.4 is 43.4 Å². The predicted molar refractivity (Wildman–Crippen MR) is 292 cm³/mol. The van der Waals surface area contributed by atoms with Crippen molar-refractivity contribution >= 4 is 52.0 Å². The van der Waals surface area contributed by atoms with Gasteiger partial charge in [-0.3, -0.25) is 9.59 Å². The van der Waals surface area contributed by atoms with Crippen LogP contribution in [0, 0.1) is 0 Å². The number of methoxy groups -OCH3 is 3. The van der Waals surface area contributed by atoms with Gasteiger partial charge in [0.05, 0.1) is 81.8 Å². The molecule has 4 aliphatic heterocycles. The van der Waals surface area contributed by atoms with Gasteiger partial charge in [-0.05, 0) is 96.7 Å². The monoisotopic (exact) mass is 1010 g/mol. The summed E-state index contributed by atoms with van der Waals surface area (Å²) >= 11 is 1.94. The first-order valence-electron chi connectivity index (χ1n) is 25.4. The standard InChI is InChI=1S/C58H71N5O9S/c1-38(2)73-58(3,4)37-61(18-19-69-22-23-70-21-20-66-7)43-25-39(35-71-54-31-50-46(29-52(54)67-8)56(64)62-44(33-59(50)5)27-41-14-10-12-16-48(41)62)24-40(26-43)36-72-55-32-51-47(30-53(55)68-9)57(65)63-45(34-60(51)6)28-42-15-11-13-17-49(42)63/h10-17,24-26,29-32,38,44-45H,18-23,27-28,33-37H2,1-9H3/t44-,45-/m0/s1. The Morgan fingerprint density at radius 3 is 1.58 bits per heavy atom. The molecule has 14 nitrogen and oxygen atoms in total. The fourth-order valence-corrected chi connectivity index (χ4v) is 12.5. The molecular formula is C58H71N5O9S. The van der Waals surface area contributed by atoms with Gasteiger partial charge < -0.3 is 57.7 Å². The maximum absolute atomic E-state index is 14.4. The number of rotatable bonds is 22. The SMILES string of the molecule is COCCOCCOCCN(CC(C)(C)SC(C)C)c1cc(COc2cc3c(cc2OC)C(=O)N2c4ccccc4C[C@H]2CN3C)cc(COc2cc3c(cc2OC)C(=O)N2c4ccccc4C[C@H]2CN3C)c1. The minimum absolute atomic E-state index is 0.0116. The fraction of sp³-hybridized carbons (Fsp3) is 0.448. The molecule has 2 amide bonds. The molecule has 5 aromatic carbocycles. The summed E-state index contributed by atoms with van der Waals surface area (Å²) in [5.74, 6) is 1.94. The van der Waals surface area contributed by atoms with E-state index in [9.17, 15) is 9.59 Å². The first kappa shape index (κ1) is 51.8. The molecule has 73 heavy (non-hydrogen) atoms. The minimum atomic E-state index is -0.105. The molecule has 0 saturated heterocycles. The van der Waals surface area contributed by atoms with Crippen molar-refractivity contribution in [2.75, 3.05) is 119 Å². The number of anilines is 5. The van der Waals surface area contributed by atoms with Crippen molar-refractivity contribution in [2.45, 2.75) is 75.8 Å². The number of ether oxygens (including phenoxy) is 7. The van der Waals surface area contributed by atoms with Crippen LogP contribution >= 0.6 is 11.8 Å². The topological polar surface area (TPSA) is 115 Å². The maximum atomic E-state index is 14.4. The third-order valence-electron chi connectivity index (χ3n) is 14.0. The van der Waals surface area contributed by atoms with Gasteiger partial charge in [0.15, 0.2) is 23.0 Å². The van der Waals surface area contributed by atoms with E-state index < -0.39 is 0 Å². The molecule has 0 aromatic heterocycles. The number of hydrogen-bond acceptors (Lipinski definition) is 13. The van der Waals surface area contributed by atoms with Crippen molar-refractivity contribution in [3.63, 3.8) is 0 Å². The zero-order valence-electron chi connectivity index (χ0n) is 43.9. The number of fused-ring (bicyclic) bond motifs is 8. The Kier molecular flexibility index (Phi) is 16.0. The van der Waals surface area contributed by atoms with Crippen LogP contribution in [0.25, 0.3) is 0 Å².